The molecule has 0 bridgehead atoms. The van der Waals surface area contributed by atoms with Gasteiger partial charge in [-0.15, -0.1) is 0 Å². The Balaban J connectivity index is 0.00000106. The van der Waals surface area contributed by atoms with E-state index in [4.69, 9.17) is 9.15 Å². The fourth-order valence-corrected chi connectivity index (χ4v) is 4.37. The van der Waals surface area contributed by atoms with Crippen molar-refractivity contribution in [2.75, 3.05) is 7.11 Å². The molecule has 1 saturated heterocycles. The number of hydrazine groups is 1. The van der Waals surface area contributed by atoms with E-state index in [9.17, 15) is 13.6 Å². The third kappa shape index (κ3) is 7.78. The molecule has 2 fully saturated rings. The number of alkyl halides is 2. The molecule has 1 amide bonds. The van der Waals surface area contributed by atoms with Gasteiger partial charge in [0.2, 0.25) is 5.89 Å². The number of nitrogens with zero attached hydrogens (tertiary/aromatic N) is 3. The molecule has 1 aliphatic heterocycles. The van der Waals surface area contributed by atoms with Crippen molar-refractivity contribution in [1.29, 1.82) is 0 Å². The first-order valence-electron chi connectivity index (χ1n) is 13.1. The van der Waals surface area contributed by atoms with E-state index in [1.165, 1.54) is 43.6 Å². The lowest BCUT2D eigenvalue weighted by atomic mass is 9.99. The maximum atomic E-state index is 13.5. The van der Waals surface area contributed by atoms with Crippen molar-refractivity contribution in [3.63, 3.8) is 0 Å². The first-order valence-corrected chi connectivity index (χ1v) is 14.1. The lowest BCUT2D eigenvalue weighted by molar-refractivity contribution is 0.0945. The number of carbonyl (C=O) groups excluding carboxylic acids is 1. The highest BCUT2D eigenvalue weighted by Gasteiger charge is 2.28. The lowest BCUT2D eigenvalue weighted by Gasteiger charge is -2.16. The molecule has 1 aliphatic carbocycles. The van der Waals surface area contributed by atoms with Gasteiger partial charge in [-0.3, -0.25) is 14.8 Å². The van der Waals surface area contributed by atoms with Crippen LogP contribution in [0.4, 0.5) is 8.78 Å². The van der Waals surface area contributed by atoms with Crippen LogP contribution in [0.2, 0.25) is 0 Å². The molecule has 2 unspecified atom stereocenters. The number of thioether (sulfide) groups is 1. The third-order valence-corrected chi connectivity index (χ3v) is 6.50. The van der Waals surface area contributed by atoms with Gasteiger partial charge in [0, 0.05) is 23.2 Å². The number of hydrogen-bond donors (Lipinski definition) is 3. The molecule has 0 aromatic carbocycles. The average Bonchev–Trinajstić information content (AvgIpc) is 3.55. The van der Waals surface area contributed by atoms with Crippen LogP contribution in [0.5, 0.6) is 5.75 Å². The quantitative estimate of drug-likeness (QED) is 0.320. The highest BCUT2D eigenvalue weighted by Crippen LogP contribution is 2.36. The summed E-state index contributed by atoms with van der Waals surface area (Å²) in [7, 11) is 1.40. The van der Waals surface area contributed by atoms with Gasteiger partial charge in [-0.25, -0.2) is 24.6 Å². The first-order chi connectivity index (χ1) is 19.4. The smallest absolute Gasteiger partial charge is 0.280 e. The lowest BCUT2D eigenvalue weighted by Crippen LogP contribution is -2.43. The van der Waals surface area contributed by atoms with E-state index in [1.54, 1.807) is 13.0 Å². The second-order valence-electron chi connectivity index (χ2n) is 8.24. The number of hydrogen-bond acceptors (Lipinski definition) is 9. The Kier molecular flexibility index (Phi) is 11.4. The summed E-state index contributed by atoms with van der Waals surface area (Å²) in [5, 5.41) is 2.71. The zero-order valence-electron chi connectivity index (χ0n) is 23.3. The van der Waals surface area contributed by atoms with Crippen molar-refractivity contribution in [2.45, 2.75) is 64.8 Å². The average molecular weight is 573 g/mol. The van der Waals surface area contributed by atoms with Gasteiger partial charge in [0.05, 0.1) is 24.6 Å². The molecule has 0 spiro atoms. The van der Waals surface area contributed by atoms with Crippen molar-refractivity contribution >= 4 is 17.7 Å². The maximum Gasteiger partial charge on any atom is 0.280 e. The number of rotatable bonds is 6. The van der Waals surface area contributed by atoms with E-state index < -0.39 is 23.5 Å². The predicted molar refractivity (Wildman–Crippen MR) is 151 cm³/mol. The molecule has 2 aliphatic rings. The van der Waals surface area contributed by atoms with Gasteiger partial charge in [0.25, 0.3) is 12.3 Å². The molecule has 3 aromatic heterocycles. The molecule has 40 heavy (non-hydrogen) atoms. The number of oxazole rings is 1. The molecular weight excluding hydrogens is 538 g/mol. The standard InChI is InChI=1S/C24H22F2N6O3S.2C2H6/c1-12-11-35-23(29-12)18-7-14(15-8-17(21(25)26)28-10-19(15)34-2)16(9-27-18)22(33)30-24-32-31-20(36-24)6-5-13-3-4-13;2*1-2/h7-11,13,20-21,24,31-32H,3-4H2,1-2H3,(H,30,33);2*1-2H3. The van der Waals surface area contributed by atoms with Gasteiger partial charge in [-0.2, -0.15) is 0 Å². The van der Waals surface area contributed by atoms with Gasteiger partial charge in [-0.05, 0) is 31.9 Å². The van der Waals surface area contributed by atoms with Gasteiger partial charge >= 0.3 is 0 Å². The van der Waals surface area contributed by atoms with Crippen LogP contribution >= 0.6 is 11.8 Å². The fraction of sp³-hybridized carbons (Fsp3) is 0.429. The molecule has 12 heteroatoms. The van der Waals surface area contributed by atoms with Crippen LogP contribution in [0, 0.1) is 24.7 Å². The second-order valence-corrected chi connectivity index (χ2v) is 9.46. The van der Waals surface area contributed by atoms with Crippen LogP contribution in [-0.2, 0) is 0 Å². The van der Waals surface area contributed by atoms with Gasteiger partial charge in [0.15, 0.2) is 0 Å². The Morgan fingerprint density at radius 3 is 2.50 bits per heavy atom. The molecule has 1 saturated carbocycles. The molecule has 0 radical (unpaired) electrons. The number of ether oxygens (including phenoxy) is 1. The van der Waals surface area contributed by atoms with E-state index in [0.717, 1.165) is 12.8 Å². The van der Waals surface area contributed by atoms with Crippen LogP contribution in [0.3, 0.4) is 0 Å². The summed E-state index contributed by atoms with van der Waals surface area (Å²) in [5.41, 5.74) is 6.83. The predicted octanol–water partition coefficient (Wildman–Crippen LogP) is 5.70. The normalized spacial score (nSPS) is 17.5. The van der Waals surface area contributed by atoms with Crippen molar-refractivity contribution in [3.05, 3.63) is 47.7 Å². The Bertz CT molecular complexity index is 1350. The summed E-state index contributed by atoms with van der Waals surface area (Å²) in [5.74, 6) is 6.80. The molecule has 4 heterocycles. The number of nitrogens with one attached hydrogen (secondary N) is 3. The largest absolute Gasteiger partial charge is 0.494 e. The van der Waals surface area contributed by atoms with E-state index in [1.807, 2.05) is 27.7 Å². The summed E-state index contributed by atoms with van der Waals surface area (Å²) in [6, 6.07) is 2.76. The van der Waals surface area contributed by atoms with Crippen LogP contribution in [0.1, 0.15) is 68.7 Å². The van der Waals surface area contributed by atoms with Crippen molar-refractivity contribution < 1.29 is 22.7 Å². The van der Waals surface area contributed by atoms with Gasteiger partial charge in [-0.1, -0.05) is 51.3 Å². The summed E-state index contributed by atoms with van der Waals surface area (Å²) < 4.78 is 37.8. The molecule has 3 aromatic rings. The molecule has 5 rings (SSSR count). The van der Waals surface area contributed by atoms with Crippen LogP contribution in [-0.4, -0.2) is 38.8 Å². The zero-order chi connectivity index (χ0) is 29.2. The molecular formula is C28H34F2N6O3S. The van der Waals surface area contributed by atoms with Crippen LogP contribution in [0.15, 0.2) is 35.2 Å². The Morgan fingerprint density at radius 2 is 1.88 bits per heavy atom. The Hall–Kier alpha value is -3.53. The topological polar surface area (TPSA) is 114 Å². The van der Waals surface area contributed by atoms with Crippen LogP contribution < -0.4 is 20.9 Å². The summed E-state index contributed by atoms with van der Waals surface area (Å²) >= 11 is 1.41. The minimum Gasteiger partial charge on any atom is -0.494 e. The number of amides is 1. The van der Waals surface area contributed by atoms with Gasteiger partial charge in [0.1, 0.15) is 34.3 Å². The van der Waals surface area contributed by atoms with E-state index in [-0.39, 0.29) is 28.1 Å². The Labute approximate surface area is 237 Å². The fourth-order valence-electron chi connectivity index (χ4n) is 3.51. The Morgan fingerprint density at radius 1 is 1.12 bits per heavy atom. The first kappa shape index (κ1) is 31.0. The second kappa shape index (κ2) is 14.7. The van der Waals surface area contributed by atoms with Gasteiger partial charge < -0.3 is 14.5 Å². The molecule has 9 nitrogen and oxygen atoms in total. The summed E-state index contributed by atoms with van der Waals surface area (Å²) in [6.45, 7) is 9.76. The van der Waals surface area contributed by atoms with Crippen LogP contribution in [0.25, 0.3) is 22.7 Å². The molecule has 3 N–H and O–H groups in total. The highest BCUT2D eigenvalue weighted by atomic mass is 32.2. The number of halogens is 2. The third-order valence-electron chi connectivity index (χ3n) is 5.48. The maximum absolute atomic E-state index is 13.5. The number of aryl methyl sites for hydroxylation is 1. The number of aromatic nitrogens is 3. The number of carbonyl (C=O) groups is 1. The van der Waals surface area contributed by atoms with E-state index in [2.05, 4.69) is 43.0 Å². The molecule has 214 valence electrons. The van der Waals surface area contributed by atoms with Crippen molar-refractivity contribution in [3.8, 4) is 40.3 Å². The van der Waals surface area contributed by atoms with Crippen molar-refractivity contribution in [2.24, 2.45) is 5.92 Å². The van der Waals surface area contributed by atoms with Crippen molar-refractivity contribution in [1.82, 2.24) is 31.1 Å². The minimum atomic E-state index is -2.80. The van der Waals surface area contributed by atoms with E-state index >= 15 is 0 Å². The highest BCUT2D eigenvalue weighted by molar-refractivity contribution is 8.00. The number of methoxy groups -OCH3 is 1. The molecule has 2 atom stereocenters. The zero-order valence-corrected chi connectivity index (χ0v) is 24.2. The van der Waals surface area contributed by atoms with E-state index in [0.29, 0.717) is 22.9 Å². The summed E-state index contributed by atoms with van der Waals surface area (Å²) in [4.78, 5) is 25.7. The monoisotopic (exact) mass is 572 g/mol. The summed E-state index contributed by atoms with van der Waals surface area (Å²) in [6.07, 6.45) is 3.48. The minimum absolute atomic E-state index is 0.154. The SMILES string of the molecule is CC.CC.COc1cnc(C(F)F)cc1-c1cc(-c2nc(C)co2)ncc1C(=O)NC1NNC(C#CC2CC2)S1. The number of pyridine rings is 2.